The van der Waals surface area contributed by atoms with Crippen LogP contribution in [-0.2, 0) is 7.05 Å². The number of nitrogens with zero attached hydrogens (tertiary/aromatic N) is 2. The van der Waals surface area contributed by atoms with Crippen LogP contribution in [0.1, 0.15) is 0 Å². The number of aryl methyl sites for hydroxylation is 1. The number of rotatable bonds is 2. The summed E-state index contributed by atoms with van der Waals surface area (Å²) in [6.45, 7) is 0. The second kappa shape index (κ2) is 5.38. The van der Waals surface area contributed by atoms with Crippen LogP contribution in [0.3, 0.4) is 0 Å². The number of anilines is 1. The van der Waals surface area contributed by atoms with E-state index in [1.54, 1.807) is 7.11 Å². The van der Waals surface area contributed by atoms with Gasteiger partial charge >= 0.3 is 0 Å². The van der Waals surface area contributed by atoms with Crippen LogP contribution in [0.25, 0.3) is 32.4 Å². The lowest BCUT2D eigenvalue weighted by atomic mass is 10.0. The molecule has 0 amide bonds. The van der Waals surface area contributed by atoms with Gasteiger partial charge in [-0.05, 0) is 47.9 Å². The third-order valence-corrected chi connectivity index (χ3v) is 4.73. The van der Waals surface area contributed by atoms with Crippen LogP contribution in [0.4, 0.5) is 5.69 Å². The Morgan fingerprint density at radius 2 is 1.58 bits per heavy atom. The van der Waals surface area contributed by atoms with E-state index in [1.165, 1.54) is 38.1 Å². The minimum absolute atomic E-state index is 0.889. The molecule has 0 fully saturated rings. The van der Waals surface area contributed by atoms with Gasteiger partial charge in [0, 0.05) is 30.6 Å². The number of methoxy groups -OCH3 is 1. The predicted molar refractivity (Wildman–Crippen MR) is 101 cm³/mol. The van der Waals surface area contributed by atoms with Crippen LogP contribution >= 0.6 is 0 Å². The summed E-state index contributed by atoms with van der Waals surface area (Å²) in [5.74, 6) is 0.889. The molecule has 0 spiro atoms. The van der Waals surface area contributed by atoms with Gasteiger partial charge in [0.25, 0.3) is 0 Å². The molecule has 0 saturated heterocycles. The van der Waals surface area contributed by atoms with Crippen molar-refractivity contribution in [2.75, 3.05) is 26.1 Å². The van der Waals surface area contributed by atoms with Crippen LogP contribution < -0.4 is 14.2 Å². The van der Waals surface area contributed by atoms with Crippen LogP contribution in [0.15, 0.2) is 54.7 Å². The summed E-state index contributed by atoms with van der Waals surface area (Å²) in [5, 5.41) is 6.25. The van der Waals surface area contributed by atoms with E-state index in [0.717, 1.165) is 5.75 Å². The molecule has 120 valence electrons. The number of benzene rings is 3. The third kappa shape index (κ3) is 2.16. The third-order valence-electron chi connectivity index (χ3n) is 4.73. The molecule has 0 unspecified atom stereocenters. The molecule has 1 aromatic heterocycles. The van der Waals surface area contributed by atoms with Crippen molar-refractivity contribution >= 4 is 38.1 Å². The van der Waals surface area contributed by atoms with Gasteiger partial charge in [-0.2, -0.15) is 4.57 Å². The Morgan fingerprint density at radius 1 is 0.833 bits per heavy atom. The highest BCUT2D eigenvalue weighted by Gasteiger charge is 2.15. The normalized spacial score (nSPS) is 11.3. The van der Waals surface area contributed by atoms with E-state index in [0.29, 0.717) is 0 Å². The Bertz CT molecular complexity index is 1080. The van der Waals surface area contributed by atoms with Gasteiger partial charge in [-0.1, -0.05) is 6.07 Å². The molecule has 3 heteroatoms. The molecule has 4 rings (SSSR count). The molecule has 0 aliphatic rings. The molecule has 0 saturated carbocycles. The summed E-state index contributed by atoms with van der Waals surface area (Å²) in [5.41, 5.74) is 2.46. The maximum Gasteiger partial charge on any atom is 0.220 e. The summed E-state index contributed by atoms with van der Waals surface area (Å²) in [6, 6.07) is 17.3. The van der Waals surface area contributed by atoms with Gasteiger partial charge in [-0.15, -0.1) is 0 Å². The topological polar surface area (TPSA) is 16.4 Å². The Hall–Kier alpha value is -2.81. The average Bonchev–Trinajstić information content (AvgIpc) is 2.60. The lowest BCUT2D eigenvalue weighted by molar-refractivity contribution is -0.642. The molecule has 3 nitrogen and oxygen atoms in total. The highest BCUT2D eigenvalue weighted by molar-refractivity contribution is 6.14. The number of hydrogen-bond acceptors (Lipinski definition) is 2. The van der Waals surface area contributed by atoms with Crippen LogP contribution in [0.2, 0.25) is 0 Å². The van der Waals surface area contributed by atoms with Gasteiger partial charge in [0.2, 0.25) is 5.52 Å². The number of hydrogen-bond donors (Lipinski definition) is 0. The zero-order valence-electron chi connectivity index (χ0n) is 14.5. The first-order chi connectivity index (χ1) is 11.6. The van der Waals surface area contributed by atoms with E-state index in [-0.39, 0.29) is 0 Å². The quantitative estimate of drug-likeness (QED) is 0.410. The van der Waals surface area contributed by atoms with Crippen molar-refractivity contribution in [2.45, 2.75) is 0 Å². The van der Waals surface area contributed by atoms with Gasteiger partial charge < -0.3 is 9.64 Å². The van der Waals surface area contributed by atoms with E-state index in [2.05, 4.69) is 79.3 Å². The second-order valence-electron chi connectivity index (χ2n) is 6.45. The van der Waals surface area contributed by atoms with Crippen molar-refractivity contribution in [2.24, 2.45) is 7.05 Å². The summed E-state index contributed by atoms with van der Waals surface area (Å²) in [4.78, 5) is 2.14. The Labute approximate surface area is 141 Å². The van der Waals surface area contributed by atoms with Crippen molar-refractivity contribution in [3.05, 3.63) is 54.7 Å². The van der Waals surface area contributed by atoms with Crippen molar-refractivity contribution in [3.8, 4) is 5.75 Å². The fourth-order valence-electron chi connectivity index (χ4n) is 3.46. The van der Waals surface area contributed by atoms with Gasteiger partial charge in [0.1, 0.15) is 12.8 Å². The average molecular weight is 317 g/mol. The molecule has 0 bridgehead atoms. The number of ether oxygens (including phenoxy) is 1. The van der Waals surface area contributed by atoms with E-state index in [9.17, 15) is 0 Å². The van der Waals surface area contributed by atoms with Crippen LogP contribution in [0, 0.1) is 0 Å². The molecular weight excluding hydrogens is 296 g/mol. The Morgan fingerprint density at radius 3 is 2.33 bits per heavy atom. The van der Waals surface area contributed by atoms with Crippen molar-refractivity contribution in [1.82, 2.24) is 0 Å². The van der Waals surface area contributed by atoms with E-state index in [4.69, 9.17) is 4.74 Å². The van der Waals surface area contributed by atoms with Gasteiger partial charge in [0.15, 0.2) is 6.20 Å². The first-order valence-corrected chi connectivity index (χ1v) is 8.08. The summed E-state index contributed by atoms with van der Waals surface area (Å²) in [6.07, 6.45) is 2.21. The zero-order valence-corrected chi connectivity index (χ0v) is 14.5. The minimum atomic E-state index is 0.889. The summed E-state index contributed by atoms with van der Waals surface area (Å²) >= 11 is 0. The molecule has 3 aromatic carbocycles. The second-order valence-corrected chi connectivity index (χ2v) is 6.45. The number of aromatic nitrogens is 1. The van der Waals surface area contributed by atoms with Crippen molar-refractivity contribution in [1.29, 1.82) is 0 Å². The Kier molecular flexibility index (Phi) is 3.31. The zero-order chi connectivity index (χ0) is 16.8. The fraction of sp³-hybridized carbons (Fsp3) is 0.190. The fourth-order valence-corrected chi connectivity index (χ4v) is 3.46. The molecule has 24 heavy (non-hydrogen) atoms. The maximum atomic E-state index is 5.36. The van der Waals surface area contributed by atoms with Gasteiger partial charge in [0.05, 0.1) is 17.9 Å². The lowest BCUT2D eigenvalue weighted by Crippen LogP contribution is -2.28. The highest BCUT2D eigenvalue weighted by atomic mass is 16.5. The van der Waals surface area contributed by atoms with Gasteiger partial charge in [-0.3, -0.25) is 0 Å². The van der Waals surface area contributed by atoms with Crippen LogP contribution in [0.5, 0.6) is 5.75 Å². The maximum absolute atomic E-state index is 5.36. The molecule has 0 radical (unpaired) electrons. The predicted octanol–water partition coefficient (Wildman–Crippen LogP) is 4.05. The lowest BCUT2D eigenvalue weighted by Gasteiger charge is -2.14. The number of fused-ring (bicyclic) bond motifs is 5. The monoisotopic (exact) mass is 317 g/mol. The molecule has 0 aliphatic heterocycles. The smallest absolute Gasteiger partial charge is 0.220 e. The van der Waals surface area contributed by atoms with Crippen molar-refractivity contribution < 1.29 is 9.30 Å². The summed E-state index contributed by atoms with van der Waals surface area (Å²) in [7, 11) is 7.98. The van der Waals surface area contributed by atoms with Gasteiger partial charge in [-0.25, -0.2) is 0 Å². The standard InChI is InChI=1S/C21H21N2O/c1-22(2)16-7-5-15-13-23(3)21-18-10-8-17(24-4)11-14(18)6-9-19(21)20(15)12-16/h5-13H,1-4H3/q+1. The largest absolute Gasteiger partial charge is 0.497 e. The molecule has 1 heterocycles. The van der Waals surface area contributed by atoms with E-state index >= 15 is 0 Å². The molecule has 0 N–H and O–H groups in total. The SMILES string of the molecule is COc1ccc2c(ccc3c4cc(N(C)C)ccc4c[n+](C)c23)c1. The van der Waals surface area contributed by atoms with Crippen molar-refractivity contribution in [3.63, 3.8) is 0 Å². The molecule has 0 aliphatic carbocycles. The first-order valence-electron chi connectivity index (χ1n) is 8.08. The molecule has 4 aromatic rings. The molecular formula is C21H21N2O+. The van der Waals surface area contributed by atoms with Crippen LogP contribution in [-0.4, -0.2) is 21.2 Å². The minimum Gasteiger partial charge on any atom is -0.497 e. The summed E-state index contributed by atoms with van der Waals surface area (Å²) < 4.78 is 7.59. The number of pyridine rings is 1. The first kappa shape index (κ1) is 14.8. The van der Waals surface area contributed by atoms with E-state index < -0.39 is 0 Å². The molecule has 0 atom stereocenters. The highest BCUT2D eigenvalue weighted by Crippen LogP contribution is 2.32. The Balaban J connectivity index is 2.15. The van der Waals surface area contributed by atoms with E-state index in [1.807, 2.05) is 6.07 Å².